The van der Waals surface area contributed by atoms with E-state index in [2.05, 4.69) is 26.3 Å². The molecule has 38 heavy (non-hydrogen) atoms. The molecule has 2 heterocycles. The zero-order chi connectivity index (χ0) is 26.7. The maximum absolute atomic E-state index is 13.1. The summed E-state index contributed by atoms with van der Waals surface area (Å²) in [6, 6.07) is 18.6. The fraction of sp³-hybridized carbons (Fsp3) is 0.276. The molecule has 2 atom stereocenters. The second-order valence-electron chi connectivity index (χ2n) is 9.18. The smallest absolute Gasteiger partial charge is 0.253 e. The molecule has 1 aromatic heterocycles. The minimum atomic E-state index is -0.812. The van der Waals surface area contributed by atoms with Gasteiger partial charge in [0.05, 0.1) is 11.1 Å². The van der Waals surface area contributed by atoms with Crippen molar-refractivity contribution in [2.45, 2.75) is 37.8 Å². The van der Waals surface area contributed by atoms with E-state index in [-0.39, 0.29) is 22.9 Å². The first kappa shape index (κ1) is 26.5. The van der Waals surface area contributed by atoms with Crippen LogP contribution < -0.4 is 21.3 Å². The molecule has 1 aliphatic heterocycles. The van der Waals surface area contributed by atoms with Gasteiger partial charge in [-0.15, -0.1) is 0 Å². The van der Waals surface area contributed by atoms with E-state index in [1.54, 1.807) is 0 Å². The number of fused-ring (bicyclic) bond motifs is 2. The molecule has 0 fully saturated rings. The molecule has 4 amide bonds. The quantitative estimate of drug-likeness (QED) is 0.423. The molecule has 2 aromatic carbocycles. The van der Waals surface area contributed by atoms with Crippen LogP contribution in [0.1, 0.15) is 44.7 Å². The second kappa shape index (κ2) is 13.1. The summed E-state index contributed by atoms with van der Waals surface area (Å²) in [4.78, 5) is 56.2. The van der Waals surface area contributed by atoms with Gasteiger partial charge in [0.15, 0.2) is 0 Å². The van der Waals surface area contributed by atoms with Crippen LogP contribution >= 0.6 is 0 Å². The zero-order valence-electron chi connectivity index (χ0n) is 21.0. The van der Waals surface area contributed by atoms with Gasteiger partial charge >= 0.3 is 0 Å². The lowest BCUT2D eigenvalue weighted by Gasteiger charge is -2.19. The van der Waals surface area contributed by atoms with Gasteiger partial charge in [-0.2, -0.15) is 0 Å². The molecule has 0 radical (unpaired) electrons. The number of hydrogen-bond acceptors (Lipinski definition) is 5. The number of carbonyl (C=O) groups excluding carboxylic acids is 4. The van der Waals surface area contributed by atoms with Crippen molar-refractivity contribution in [2.24, 2.45) is 0 Å². The Morgan fingerprint density at radius 3 is 1.47 bits per heavy atom. The Hall–Kier alpha value is -4.53. The Bertz CT molecular complexity index is 1170. The summed E-state index contributed by atoms with van der Waals surface area (Å²) in [6.45, 7) is 0.800. The molecule has 1 aliphatic rings. The lowest BCUT2D eigenvalue weighted by atomic mass is 10.0. The molecular formula is C29H31N5O4. The lowest BCUT2D eigenvalue weighted by molar-refractivity contribution is -0.123. The predicted molar refractivity (Wildman–Crippen MR) is 142 cm³/mol. The summed E-state index contributed by atoms with van der Waals surface area (Å²) in [6.07, 6.45) is 4.57. The number of hydrogen-bond donors (Lipinski definition) is 4. The van der Waals surface area contributed by atoms with Gasteiger partial charge in [0.2, 0.25) is 11.8 Å². The average molecular weight is 514 g/mol. The van der Waals surface area contributed by atoms with Crippen molar-refractivity contribution in [2.75, 3.05) is 13.1 Å². The largest absolute Gasteiger partial charge is 0.354 e. The maximum atomic E-state index is 13.1. The molecule has 9 nitrogen and oxygen atoms in total. The van der Waals surface area contributed by atoms with E-state index >= 15 is 0 Å². The van der Waals surface area contributed by atoms with Gasteiger partial charge in [-0.25, -0.2) is 0 Å². The first-order valence-electron chi connectivity index (χ1n) is 12.7. The number of nitrogens with one attached hydrogen (secondary N) is 4. The molecule has 3 aromatic rings. The van der Waals surface area contributed by atoms with Crippen molar-refractivity contribution < 1.29 is 19.2 Å². The van der Waals surface area contributed by atoms with Gasteiger partial charge in [-0.05, 0) is 30.0 Å². The number of rotatable bonds is 4. The first-order valence-corrected chi connectivity index (χ1v) is 12.7. The monoisotopic (exact) mass is 513 g/mol. The van der Waals surface area contributed by atoms with Crippen LogP contribution in [0.3, 0.4) is 0 Å². The van der Waals surface area contributed by atoms with E-state index in [0.29, 0.717) is 38.8 Å². The molecule has 4 N–H and O–H groups in total. The van der Waals surface area contributed by atoms with Gasteiger partial charge in [0, 0.05) is 38.3 Å². The summed E-state index contributed by atoms with van der Waals surface area (Å²) in [5, 5.41) is 11.4. The van der Waals surface area contributed by atoms with Crippen LogP contribution in [0.2, 0.25) is 0 Å². The van der Waals surface area contributed by atoms with E-state index in [1.807, 2.05) is 60.7 Å². The Morgan fingerprint density at radius 1 is 0.632 bits per heavy atom. The fourth-order valence-corrected chi connectivity index (χ4v) is 4.21. The zero-order valence-corrected chi connectivity index (χ0v) is 21.0. The SMILES string of the molecule is O=C1NC(Cc2ccccc2)C(=O)NCCCCNC(=O)[C@H](Cc2ccccc2)NC(=O)c2cncc1c2. The highest BCUT2D eigenvalue weighted by molar-refractivity contribution is 6.02. The summed E-state index contributed by atoms with van der Waals surface area (Å²) < 4.78 is 0. The van der Waals surface area contributed by atoms with Crippen LogP contribution in [-0.4, -0.2) is 53.8 Å². The van der Waals surface area contributed by atoms with Crippen molar-refractivity contribution in [3.8, 4) is 0 Å². The summed E-state index contributed by atoms with van der Waals surface area (Å²) in [5.74, 6) is -1.65. The Kier molecular flexibility index (Phi) is 9.17. The molecule has 1 unspecified atom stereocenters. The first-order chi connectivity index (χ1) is 18.5. The number of nitrogens with zero attached hydrogens (tertiary/aromatic N) is 1. The third kappa shape index (κ3) is 7.49. The third-order valence-corrected chi connectivity index (χ3v) is 6.27. The average Bonchev–Trinajstić information content (AvgIpc) is 2.94. The van der Waals surface area contributed by atoms with E-state index in [0.717, 1.165) is 11.1 Å². The molecule has 9 heteroatoms. The number of pyridine rings is 1. The Labute approximate surface area is 221 Å². The number of carbonyl (C=O) groups is 4. The van der Waals surface area contributed by atoms with Crippen molar-refractivity contribution in [1.82, 2.24) is 26.3 Å². The summed E-state index contributed by atoms with van der Waals surface area (Å²) in [7, 11) is 0. The topological polar surface area (TPSA) is 129 Å². The van der Waals surface area contributed by atoms with Crippen LogP contribution in [0.4, 0.5) is 0 Å². The maximum Gasteiger partial charge on any atom is 0.253 e. The highest BCUT2D eigenvalue weighted by atomic mass is 16.2. The fourth-order valence-electron chi connectivity index (χ4n) is 4.21. The molecule has 0 saturated carbocycles. The van der Waals surface area contributed by atoms with Crippen molar-refractivity contribution >= 4 is 23.6 Å². The van der Waals surface area contributed by atoms with Crippen molar-refractivity contribution in [1.29, 1.82) is 0 Å². The summed E-state index contributed by atoms with van der Waals surface area (Å²) >= 11 is 0. The second-order valence-corrected chi connectivity index (χ2v) is 9.18. The van der Waals surface area contributed by atoms with Crippen LogP contribution in [0.5, 0.6) is 0 Å². The van der Waals surface area contributed by atoms with E-state index < -0.39 is 23.9 Å². The number of aromatic nitrogens is 1. The molecule has 0 spiro atoms. The predicted octanol–water partition coefficient (Wildman–Crippen LogP) is 1.79. The van der Waals surface area contributed by atoms with Crippen LogP contribution in [0.15, 0.2) is 79.1 Å². The third-order valence-electron chi connectivity index (χ3n) is 6.27. The van der Waals surface area contributed by atoms with Crippen LogP contribution in [0.25, 0.3) is 0 Å². The van der Waals surface area contributed by atoms with E-state index in [9.17, 15) is 19.2 Å². The highest BCUT2D eigenvalue weighted by Gasteiger charge is 2.25. The molecule has 0 aliphatic carbocycles. The van der Waals surface area contributed by atoms with Crippen LogP contribution in [-0.2, 0) is 22.4 Å². The molecule has 4 rings (SSSR count). The van der Waals surface area contributed by atoms with Gasteiger partial charge in [0.25, 0.3) is 11.8 Å². The van der Waals surface area contributed by atoms with Gasteiger partial charge in [-0.1, -0.05) is 60.7 Å². The van der Waals surface area contributed by atoms with Gasteiger partial charge in [-0.3, -0.25) is 24.2 Å². The van der Waals surface area contributed by atoms with E-state index in [4.69, 9.17) is 0 Å². The van der Waals surface area contributed by atoms with Crippen molar-refractivity contribution in [3.05, 3.63) is 101 Å². The minimum absolute atomic E-state index is 0.136. The van der Waals surface area contributed by atoms with Gasteiger partial charge < -0.3 is 21.3 Å². The lowest BCUT2D eigenvalue weighted by Crippen LogP contribution is -2.48. The van der Waals surface area contributed by atoms with Crippen molar-refractivity contribution in [3.63, 3.8) is 0 Å². The number of amides is 4. The molecule has 0 saturated heterocycles. The normalized spacial score (nSPS) is 19.4. The minimum Gasteiger partial charge on any atom is -0.354 e. The number of benzene rings is 2. The van der Waals surface area contributed by atoms with Gasteiger partial charge in [0.1, 0.15) is 12.1 Å². The van der Waals surface area contributed by atoms with Crippen LogP contribution in [0, 0.1) is 0 Å². The van der Waals surface area contributed by atoms with E-state index in [1.165, 1.54) is 18.5 Å². The Morgan fingerprint density at radius 2 is 1.05 bits per heavy atom. The standard InChI is InChI=1S/C29H31N5O4/c35-26-22-17-23(19-30-18-22)27(36)34-25(16-21-11-5-2-6-12-21)29(38)32-14-8-7-13-31-28(37)24(33-26)15-20-9-3-1-4-10-20/h1-6,9-12,17-19,24-25H,7-8,13-16H2,(H,31,37)(H,32,38)(H,33,35)(H,34,36)/t24-,25?/m0/s1. The Balaban J connectivity index is 1.57. The molecular weight excluding hydrogens is 482 g/mol. The molecule has 196 valence electrons. The molecule has 2 bridgehead atoms. The highest BCUT2D eigenvalue weighted by Crippen LogP contribution is 2.09. The summed E-state index contributed by atoms with van der Waals surface area (Å²) in [5.41, 5.74) is 2.07.